The second-order valence-electron chi connectivity index (χ2n) is 6.41. The van der Waals surface area contributed by atoms with Crippen LogP contribution in [0.4, 0.5) is 11.5 Å². The molecule has 0 spiro atoms. The molecule has 1 aliphatic rings. The zero-order chi connectivity index (χ0) is 16.5. The van der Waals surface area contributed by atoms with Gasteiger partial charge in [-0.15, -0.1) is 0 Å². The molecule has 0 aliphatic heterocycles. The summed E-state index contributed by atoms with van der Waals surface area (Å²) in [5, 5.41) is 13.2. The van der Waals surface area contributed by atoms with Crippen LogP contribution in [-0.4, -0.2) is 31.6 Å². The average Bonchev–Trinajstić information content (AvgIpc) is 3.06. The van der Waals surface area contributed by atoms with Gasteiger partial charge in [-0.3, -0.25) is 0 Å². The van der Waals surface area contributed by atoms with E-state index >= 15 is 0 Å². The Morgan fingerprint density at radius 1 is 1.21 bits per heavy atom. The van der Waals surface area contributed by atoms with Gasteiger partial charge in [0.05, 0.1) is 11.8 Å². The molecule has 0 radical (unpaired) electrons. The standard InChI is InChI=1S/C18H21N5O/c19-13-3-1-2-12(10-13)16-11-23-9-8-20-18(23)17(22-16)21-14-4-6-15(24)7-5-14/h1-3,8-11,14-15,24H,4-7,19H2,(H,21,22). The smallest absolute Gasteiger partial charge is 0.180 e. The fourth-order valence-electron chi connectivity index (χ4n) is 3.28. The molecule has 0 unspecified atom stereocenters. The Morgan fingerprint density at radius 3 is 2.83 bits per heavy atom. The fraction of sp³-hybridized carbons (Fsp3) is 0.333. The van der Waals surface area contributed by atoms with E-state index in [1.165, 1.54) is 0 Å². The van der Waals surface area contributed by atoms with Crippen molar-refractivity contribution in [3.8, 4) is 11.3 Å². The highest BCUT2D eigenvalue weighted by Crippen LogP contribution is 2.26. The van der Waals surface area contributed by atoms with E-state index in [1.54, 1.807) is 6.20 Å². The maximum absolute atomic E-state index is 9.68. The van der Waals surface area contributed by atoms with Crippen LogP contribution >= 0.6 is 0 Å². The highest BCUT2D eigenvalue weighted by molar-refractivity contribution is 5.71. The summed E-state index contributed by atoms with van der Waals surface area (Å²) in [6.07, 6.45) is 9.04. The lowest BCUT2D eigenvalue weighted by atomic mass is 9.93. The van der Waals surface area contributed by atoms with Gasteiger partial charge >= 0.3 is 0 Å². The summed E-state index contributed by atoms with van der Waals surface area (Å²) >= 11 is 0. The van der Waals surface area contributed by atoms with Crippen molar-refractivity contribution in [2.45, 2.75) is 37.8 Å². The van der Waals surface area contributed by atoms with Crippen LogP contribution in [0.3, 0.4) is 0 Å². The number of nitrogens with zero attached hydrogens (tertiary/aromatic N) is 3. The predicted molar refractivity (Wildman–Crippen MR) is 94.7 cm³/mol. The van der Waals surface area contributed by atoms with E-state index in [9.17, 15) is 5.11 Å². The maximum Gasteiger partial charge on any atom is 0.180 e. The minimum absolute atomic E-state index is 0.166. The first-order valence-electron chi connectivity index (χ1n) is 8.33. The molecule has 1 aromatic carbocycles. The topological polar surface area (TPSA) is 88.5 Å². The summed E-state index contributed by atoms with van der Waals surface area (Å²) in [5.41, 5.74) is 9.27. The zero-order valence-corrected chi connectivity index (χ0v) is 13.4. The molecule has 0 bridgehead atoms. The molecular weight excluding hydrogens is 302 g/mol. The van der Waals surface area contributed by atoms with E-state index in [4.69, 9.17) is 10.7 Å². The Hall–Kier alpha value is -2.60. The number of nitrogens with two attached hydrogens (primary N) is 1. The largest absolute Gasteiger partial charge is 0.399 e. The first-order valence-corrected chi connectivity index (χ1v) is 8.33. The number of benzene rings is 1. The molecule has 3 aromatic rings. The number of aliphatic hydroxyl groups excluding tert-OH is 1. The molecule has 4 N–H and O–H groups in total. The van der Waals surface area contributed by atoms with E-state index in [0.717, 1.165) is 54.1 Å². The lowest BCUT2D eigenvalue weighted by molar-refractivity contribution is 0.126. The van der Waals surface area contributed by atoms with Gasteiger partial charge in [-0.1, -0.05) is 12.1 Å². The van der Waals surface area contributed by atoms with Gasteiger partial charge in [-0.2, -0.15) is 0 Å². The van der Waals surface area contributed by atoms with Crippen molar-refractivity contribution >= 4 is 17.2 Å². The summed E-state index contributed by atoms with van der Waals surface area (Å²) in [6, 6.07) is 8.04. The SMILES string of the molecule is Nc1cccc(-c2cn3ccnc3c(NC3CCC(O)CC3)n2)c1. The van der Waals surface area contributed by atoms with Gasteiger partial charge in [0.1, 0.15) is 0 Å². The number of nitrogens with one attached hydrogen (secondary N) is 1. The van der Waals surface area contributed by atoms with Gasteiger partial charge in [0.2, 0.25) is 0 Å². The molecule has 1 fully saturated rings. The molecule has 4 rings (SSSR count). The lowest BCUT2D eigenvalue weighted by Gasteiger charge is -2.26. The number of anilines is 2. The van der Waals surface area contributed by atoms with Crippen LogP contribution in [-0.2, 0) is 0 Å². The number of fused-ring (bicyclic) bond motifs is 1. The molecule has 6 heteroatoms. The van der Waals surface area contributed by atoms with Crippen molar-refractivity contribution in [2.75, 3.05) is 11.1 Å². The highest BCUT2D eigenvalue weighted by Gasteiger charge is 2.21. The molecule has 2 heterocycles. The summed E-state index contributed by atoms with van der Waals surface area (Å²) in [6.45, 7) is 0. The van der Waals surface area contributed by atoms with Gasteiger partial charge in [0.25, 0.3) is 0 Å². The summed E-state index contributed by atoms with van der Waals surface area (Å²) in [7, 11) is 0. The van der Waals surface area contributed by atoms with Crippen LogP contribution in [0.5, 0.6) is 0 Å². The quantitative estimate of drug-likeness (QED) is 0.645. The molecular formula is C18H21N5O. The van der Waals surface area contributed by atoms with Crippen LogP contribution in [0.2, 0.25) is 0 Å². The minimum Gasteiger partial charge on any atom is -0.399 e. The molecule has 124 valence electrons. The number of imidazole rings is 1. The Balaban J connectivity index is 1.70. The van der Waals surface area contributed by atoms with Crippen LogP contribution in [0, 0.1) is 0 Å². The Morgan fingerprint density at radius 2 is 2.04 bits per heavy atom. The molecule has 1 aliphatic carbocycles. The maximum atomic E-state index is 9.68. The van der Waals surface area contributed by atoms with Crippen molar-refractivity contribution in [1.29, 1.82) is 0 Å². The first kappa shape index (κ1) is 15.0. The van der Waals surface area contributed by atoms with Crippen molar-refractivity contribution in [3.63, 3.8) is 0 Å². The molecule has 6 nitrogen and oxygen atoms in total. The summed E-state index contributed by atoms with van der Waals surface area (Å²) in [4.78, 5) is 9.20. The van der Waals surface area contributed by atoms with Crippen LogP contribution in [0.25, 0.3) is 16.9 Å². The fourth-order valence-corrected chi connectivity index (χ4v) is 3.28. The van der Waals surface area contributed by atoms with E-state index in [-0.39, 0.29) is 6.10 Å². The Labute approximate surface area is 140 Å². The number of hydrogen-bond acceptors (Lipinski definition) is 5. The molecule has 1 saturated carbocycles. The molecule has 24 heavy (non-hydrogen) atoms. The third kappa shape index (κ3) is 2.92. The van der Waals surface area contributed by atoms with Crippen molar-refractivity contribution < 1.29 is 5.11 Å². The Kier molecular flexibility index (Phi) is 3.82. The van der Waals surface area contributed by atoms with Gasteiger partial charge in [0.15, 0.2) is 11.5 Å². The average molecular weight is 323 g/mol. The van der Waals surface area contributed by atoms with Crippen molar-refractivity contribution in [3.05, 3.63) is 42.9 Å². The third-order valence-corrected chi connectivity index (χ3v) is 4.59. The van der Waals surface area contributed by atoms with Gasteiger partial charge in [-0.25, -0.2) is 9.97 Å². The number of hydrogen-bond donors (Lipinski definition) is 3. The van der Waals surface area contributed by atoms with Crippen LogP contribution < -0.4 is 11.1 Å². The van der Waals surface area contributed by atoms with Gasteiger partial charge in [0, 0.05) is 35.9 Å². The molecule has 0 atom stereocenters. The molecule has 0 saturated heterocycles. The number of nitrogen functional groups attached to an aromatic ring is 1. The molecule has 2 aromatic heterocycles. The normalized spacial score (nSPS) is 21.0. The first-order chi connectivity index (χ1) is 11.7. The number of aliphatic hydroxyl groups is 1. The predicted octanol–water partition coefficient (Wildman–Crippen LogP) is 2.69. The van der Waals surface area contributed by atoms with Crippen LogP contribution in [0.15, 0.2) is 42.9 Å². The second-order valence-corrected chi connectivity index (χ2v) is 6.41. The monoisotopic (exact) mass is 323 g/mol. The minimum atomic E-state index is -0.166. The van der Waals surface area contributed by atoms with E-state index in [1.807, 2.05) is 41.1 Å². The van der Waals surface area contributed by atoms with E-state index in [0.29, 0.717) is 6.04 Å². The van der Waals surface area contributed by atoms with Crippen LogP contribution in [0.1, 0.15) is 25.7 Å². The zero-order valence-electron chi connectivity index (χ0n) is 13.4. The number of aromatic nitrogens is 3. The summed E-state index contributed by atoms with van der Waals surface area (Å²) < 4.78 is 1.98. The van der Waals surface area contributed by atoms with E-state index in [2.05, 4.69) is 10.3 Å². The third-order valence-electron chi connectivity index (χ3n) is 4.59. The second kappa shape index (κ2) is 6.13. The van der Waals surface area contributed by atoms with Crippen molar-refractivity contribution in [1.82, 2.24) is 14.4 Å². The Bertz CT molecular complexity index is 851. The van der Waals surface area contributed by atoms with Gasteiger partial charge < -0.3 is 20.6 Å². The van der Waals surface area contributed by atoms with Crippen molar-refractivity contribution in [2.24, 2.45) is 0 Å². The van der Waals surface area contributed by atoms with E-state index < -0.39 is 0 Å². The summed E-state index contributed by atoms with van der Waals surface area (Å²) in [5.74, 6) is 0.779. The number of rotatable bonds is 3. The van der Waals surface area contributed by atoms with Gasteiger partial charge in [-0.05, 0) is 37.8 Å². The highest BCUT2D eigenvalue weighted by atomic mass is 16.3. The molecule has 0 amide bonds. The lowest BCUT2D eigenvalue weighted by Crippen LogP contribution is -2.28.